The molecule has 0 aliphatic carbocycles. The summed E-state index contributed by atoms with van der Waals surface area (Å²) in [4.78, 5) is 11.9. The van der Waals surface area contributed by atoms with Crippen LogP contribution in [0.2, 0.25) is 10.0 Å². The van der Waals surface area contributed by atoms with Crippen molar-refractivity contribution < 1.29 is 23.0 Å². The van der Waals surface area contributed by atoms with E-state index in [0.717, 1.165) is 5.56 Å². The molecule has 2 N–H and O–H groups in total. The van der Waals surface area contributed by atoms with Crippen LogP contribution in [0, 0.1) is 0 Å². The van der Waals surface area contributed by atoms with E-state index >= 15 is 0 Å². The van der Waals surface area contributed by atoms with Crippen LogP contribution in [0.5, 0.6) is 11.5 Å². The molecule has 0 radical (unpaired) electrons. The molecule has 27 heavy (non-hydrogen) atoms. The third-order valence-electron chi connectivity index (χ3n) is 3.54. The van der Waals surface area contributed by atoms with Gasteiger partial charge in [-0.1, -0.05) is 35.3 Å². The van der Waals surface area contributed by atoms with Crippen LogP contribution in [0.15, 0.2) is 36.4 Å². The van der Waals surface area contributed by atoms with Gasteiger partial charge in [-0.25, -0.2) is 0 Å². The standard InChI is InChI=1S/C18H18Cl2F2N2O3/c1-26-17-14(19)8-12(9-15(17)20)24-10-16(25)23-7-6-11-2-4-13(5-3-11)27-18(21)22/h2-5,8-9,18,24H,6-7,10H2,1H3,(H,23,25). The van der Waals surface area contributed by atoms with Crippen molar-refractivity contribution in [3.8, 4) is 11.5 Å². The molecular formula is C18H18Cl2F2N2O3. The average Bonchev–Trinajstić information content (AvgIpc) is 2.61. The lowest BCUT2D eigenvalue weighted by Crippen LogP contribution is -2.31. The molecular weight excluding hydrogens is 401 g/mol. The molecule has 2 aromatic rings. The first kappa shape index (κ1) is 21.1. The van der Waals surface area contributed by atoms with Gasteiger partial charge >= 0.3 is 6.61 Å². The third-order valence-corrected chi connectivity index (χ3v) is 4.10. The lowest BCUT2D eigenvalue weighted by atomic mass is 10.1. The number of ether oxygens (including phenoxy) is 2. The molecule has 1 amide bonds. The van der Waals surface area contributed by atoms with Crippen molar-refractivity contribution in [1.29, 1.82) is 0 Å². The number of hydrogen-bond donors (Lipinski definition) is 2. The lowest BCUT2D eigenvalue weighted by molar-refractivity contribution is -0.119. The minimum Gasteiger partial charge on any atom is -0.494 e. The highest BCUT2D eigenvalue weighted by Gasteiger charge is 2.09. The smallest absolute Gasteiger partial charge is 0.387 e. The van der Waals surface area contributed by atoms with Crippen LogP contribution in [-0.2, 0) is 11.2 Å². The van der Waals surface area contributed by atoms with Crippen molar-refractivity contribution in [2.45, 2.75) is 13.0 Å². The van der Waals surface area contributed by atoms with E-state index in [4.69, 9.17) is 27.9 Å². The van der Waals surface area contributed by atoms with Gasteiger partial charge in [-0.05, 0) is 36.2 Å². The van der Waals surface area contributed by atoms with Gasteiger partial charge in [0.15, 0.2) is 5.75 Å². The Morgan fingerprint density at radius 3 is 2.33 bits per heavy atom. The number of methoxy groups -OCH3 is 1. The highest BCUT2D eigenvalue weighted by molar-refractivity contribution is 6.37. The number of benzene rings is 2. The average molecular weight is 419 g/mol. The number of amides is 1. The van der Waals surface area contributed by atoms with Crippen molar-refractivity contribution in [3.63, 3.8) is 0 Å². The minimum atomic E-state index is -2.85. The first-order chi connectivity index (χ1) is 12.9. The Bertz CT molecular complexity index is 751. The van der Waals surface area contributed by atoms with Crippen molar-refractivity contribution in [3.05, 3.63) is 52.0 Å². The van der Waals surface area contributed by atoms with Crippen molar-refractivity contribution in [2.75, 3.05) is 25.5 Å². The van der Waals surface area contributed by atoms with E-state index in [0.29, 0.717) is 34.4 Å². The summed E-state index contributed by atoms with van der Waals surface area (Å²) in [5.41, 5.74) is 1.48. The molecule has 5 nitrogen and oxygen atoms in total. The maximum absolute atomic E-state index is 12.1. The van der Waals surface area contributed by atoms with E-state index < -0.39 is 6.61 Å². The number of carbonyl (C=O) groups is 1. The largest absolute Gasteiger partial charge is 0.494 e. The summed E-state index contributed by atoms with van der Waals surface area (Å²) in [6.45, 7) is -2.40. The summed E-state index contributed by atoms with van der Waals surface area (Å²) < 4.78 is 33.5. The van der Waals surface area contributed by atoms with Gasteiger partial charge in [0, 0.05) is 12.2 Å². The Labute approximate surface area is 165 Å². The van der Waals surface area contributed by atoms with Crippen LogP contribution < -0.4 is 20.1 Å². The van der Waals surface area contributed by atoms with E-state index in [1.165, 1.54) is 19.2 Å². The minimum absolute atomic E-state index is 0.0418. The molecule has 0 saturated carbocycles. The van der Waals surface area contributed by atoms with Crippen LogP contribution in [0.3, 0.4) is 0 Å². The number of carbonyl (C=O) groups excluding carboxylic acids is 1. The van der Waals surface area contributed by atoms with Gasteiger partial charge < -0.3 is 20.1 Å². The summed E-state index contributed by atoms with van der Waals surface area (Å²) in [5.74, 6) is 0.257. The van der Waals surface area contributed by atoms with E-state index in [-0.39, 0.29) is 18.2 Å². The molecule has 2 rings (SSSR count). The number of alkyl halides is 2. The lowest BCUT2D eigenvalue weighted by Gasteiger charge is -2.11. The van der Waals surface area contributed by atoms with Gasteiger partial charge in [-0.3, -0.25) is 4.79 Å². The van der Waals surface area contributed by atoms with Crippen LogP contribution in [-0.4, -0.2) is 32.7 Å². The number of hydrogen-bond acceptors (Lipinski definition) is 4. The Morgan fingerprint density at radius 2 is 1.78 bits per heavy atom. The monoisotopic (exact) mass is 418 g/mol. The molecule has 0 spiro atoms. The summed E-state index contributed by atoms with van der Waals surface area (Å²) in [7, 11) is 1.47. The molecule has 0 aliphatic heterocycles. The number of rotatable bonds is 9. The molecule has 146 valence electrons. The first-order valence-corrected chi connectivity index (χ1v) is 8.72. The second-order valence-corrected chi connectivity index (χ2v) is 6.26. The summed E-state index contributed by atoms with van der Waals surface area (Å²) in [5, 5.41) is 6.36. The molecule has 0 saturated heterocycles. The Kier molecular flexibility index (Phi) is 7.94. The molecule has 2 aromatic carbocycles. The van der Waals surface area contributed by atoms with Crippen molar-refractivity contribution in [1.82, 2.24) is 5.32 Å². The van der Waals surface area contributed by atoms with Gasteiger partial charge in [0.2, 0.25) is 5.91 Å². The van der Waals surface area contributed by atoms with E-state index in [9.17, 15) is 13.6 Å². The normalized spacial score (nSPS) is 10.6. The number of halogens is 4. The molecule has 0 bridgehead atoms. The maximum atomic E-state index is 12.1. The van der Waals surface area contributed by atoms with Crippen LogP contribution in [0.25, 0.3) is 0 Å². The molecule has 0 unspecified atom stereocenters. The van der Waals surface area contributed by atoms with Crippen LogP contribution in [0.1, 0.15) is 5.56 Å². The number of nitrogens with one attached hydrogen (secondary N) is 2. The Morgan fingerprint density at radius 1 is 1.15 bits per heavy atom. The van der Waals surface area contributed by atoms with Gasteiger partial charge in [-0.2, -0.15) is 8.78 Å². The zero-order valence-electron chi connectivity index (χ0n) is 14.4. The summed E-state index contributed by atoms with van der Waals surface area (Å²) in [6, 6.07) is 9.49. The maximum Gasteiger partial charge on any atom is 0.387 e. The Balaban J connectivity index is 1.75. The van der Waals surface area contributed by atoms with Crippen molar-refractivity contribution >= 4 is 34.8 Å². The summed E-state index contributed by atoms with van der Waals surface area (Å²) in [6.07, 6.45) is 0.556. The molecule has 0 atom stereocenters. The van der Waals surface area contributed by atoms with Crippen molar-refractivity contribution in [2.24, 2.45) is 0 Å². The van der Waals surface area contributed by atoms with Gasteiger partial charge in [0.05, 0.1) is 23.7 Å². The topological polar surface area (TPSA) is 59.6 Å². The SMILES string of the molecule is COc1c(Cl)cc(NCC(=O)NCCc2ccc(OC(F)F)cc2)cc1Cl. The molecule has 0 aromatic heterocycles. The molecule has 0 aliphatic rings. The quantitative estimate of drug-likeness (QED) is 0.634. The third kappa shape index (κ3) is 6.77. The van der Waals surface area contributed by atoms with Gasteiger partial charge in [0.25, 0.3) is 0 Å². The van der Waals surface area contributed by atoms with Crippen LogP contribution >= 0.6 is 23.2 Å². The van der Waals surface area contributed by atoms with E-state index in [1.54, 1.807) is 24.3 Å². The van der Waals surface area contributed by atoms with E-state index in [1.807, 2.05) is 0 Å². The fraction of sp³-hybridized carbons (Fsp3) is 0.278. The molecule has 0 fully saturated rings. The zero-order valence-corrected chi connectivity index (χ0v) is 15.9. The fourth-order valence-corrected chi connectivity index (χ4v) is 2.93. The highest BCUT2D eigenvalue weighted by Crippen LogP contribution is 2.35. The van der Waals surface area contributed by atoms with Gasteiger partial charge in [-0.15, -0.1) is 0 Å². The summed E-state index contributed by atoms with van der Waals surface area (Å²) >= 11 is 12.1. The first-order valence-electron chi connectivity index (χ1n) is 7.96. The fourth-order valence-electron chi connectivity index (χ4n) is 2.29. The zero-order chi connectivity index (χ0) is 19.8. The number of anilines is 1. The van der Waals surface area contributed by atoms with E-state index in [2.05, 4.69) is 15.4 Å². The molecule has 9 heteroatoms. The second kappa shape index (κ2) is 10.2. The van der Waals surface area contributed by atoms with Crippen LogP contribution in [0.4, 0.5) is 14.5 Å². The Hall–Kier alpha value is -2.25. The predicted octanol–water partition coefficient (Wildman–Crippen LogP) is 4.37. The predicted molar refractivity (Wildman–Crippen MR) is 101 cm³/mol. The highest BCUT2D eigenvalue weighted by atomic mass is 35.5. The second-order valence-electron chi connectivity index (χ2n) is 5.45. The molecule has 0 heterocycles. The van der Waals surface area contributed by atoms with Gasteiger partial charge in [0.1, 0.15) is 5.75 Å².